The van der Waals surface area contributed by atoms with E-state index in [4.69, 9.17) is 0 Å². The van der Waals surface area contributed by atoms with E-state index in [1.165, 1.54) is 0 Å². The lowest BCUT2D eigenvalue weighted by Gasteiger charge is -2.17. The lowest BCUT2D eigenvalue weighted by Crippen LogP contribution is -2.10. The molecule has 0 fully saturated rings. The van der Waals surface area contributed by atoms with Crippen LogP contribution in [0, 0.1) is 5.41 Å². The molecule has 0 radical (unpaired) electrons. The summed E-state index contributed by atoms with van der Waals surface area (Å²) in [5, 5.41) is 0. The van der Waals surface area contributed by atoms with Gasteiger partial charge in [-0.1, -0.05) is 20.8 Å². The Morgan fingerprint density at radius 2 is 1.72 bits per heavy atom. The highest BCUT2D eigenvalue weighted by Gasteiger charge is 2.26. The SMILES string of the molecule is CC(C)(C)CCc1ccnc(CCC(F)(F)F)c1. The molecule has 0 saturated carbocycles. The first-order valence-electron chi connectivity index (χ1n) is 6.16. The minimum Gasteiger partial charge on any atom is -0.261 e. The van der Waals surface area contributed by atoms with Crippen molar-refractivity contribution < 1.29 is 13.2 Å². The first-order chi connectivity index (χ1) is 8.16. The summed E-state index contributed by atoms with van der Waals surface area (Å²) >= 11 is 0. The predicted octanol–water partition coefficient (Wildman–Crippen LogP) is 4.56. The van der Waals surface area contributed by atoms with Gasteiger partial charge in [-0.05, 0) is 42.4 Å². The van der Waals surface area contributed by atoms with Crippen LogP contribution in [0.2, 0.25) is 0 Å². The summed E-state index contributed by atoms with van der Waals surface area (Å²) in [7, 11) is 0. The highest BCUT2D eigenvalue weighted by atomic mass is 19.4. The summed E-state index contributed by atoms with van der Waals surface area (Å²) in [5.74, 6) is 0. The van der Waals surface area contributed by atoms with E-state index in [-0.39, 0.29) is 11.8 Å². The fourth-order valence-corrected chi connectivity index (χ4v) is 1.61. The highest BCUT2D eigenvalue weighted by molar-refractivity contribution is 5.17. The van der Waals surface area contributed by atoms with Gasteiger partial charge in [0.1, 0.15) is 0 Å². The molecule has 0 aliphatic carbocycles. The van der Waals surface area contributed by atoms with Gasteiger partial charge in [0.15, 0.2) is 0 Å². The maximum Gasteiger partial charge on any atom is 0.389 e. The van der Waals surface area contributed by atoms with Gasteiger partial charge in [0.05, 0.1) is 0 Å². The normalized spacial score (nSPS) is 12.8. The molecule has 0 aromatic carbocycles. The van der Waals surface area contributed by atoms with Crippen LogP contribution in [-0.4, -0.2) is 11.2 Å². The topological polar surface area (TPSA) is 12.9 Å². The molecule has 1 aromatic heterocycles. The van der Waals surface area contributed by atoms with Gasteiger partial charge in [0.2, 0.25) is 0 Å². The fraction of sp³-hybridized carbons (Fsp3) is 0.643. The molecule has 0 aliphatic rings. The molecule has 1 rings (SSSR count). The molecule has 0 bridgehead atoms. The van der Waals surface area contributed by atoms with Crippen LogP contribution in [0.4, 0.5) is 13.2 Å². The lowest BCUT2D eigenvalue weighted by atomic mass is 9.89. The quantitative estimate of drug-likeness (QED) is 0.772. The van der Waals surface area contributed by atoms with Crippen LogP contribution in [0.5, 0.6) is 0 Å². The van der Waals surface area contributed by atoms with Crippen molar-refractivity contribution in [3.8, 4) is 0 Å². The first-order valence-corrected chi connectivity index (χ1v) is 6.16. The average Bonchev–Trinajstić information content (AvgIpc) is 2.22. The van der Waals surface area contributed by atoms with Crippen LogP contribution >= 0.6 is 0 Å². The molecule has 0 aliphatic heterocycles. The number of nitrogens with zero attached hydrogens (tertiary/aromatic N) is 1. The van der Waals surface area contributed by atoms with Crippen molar-refractivity contribution in [2.24, 2.45) is 5.41 Å². The Morgan fingerprint density at radius 3 is 2.28 bits per heavy atom. The Labute approximate surface area is 106 Å². The second-order valence-corrected chi connectivity index (χ2v) is 5.83. The maximum atomic E-state index is 12.1. The van der Waals surface area contributed by atoms with Crippen molar-refractivity contribution in [1.29, 1.82) is 0 Å². The third kappa shape index (κ3) is 6.62. The van der Waals surface area contributed by atoms with Crippen LogP contribution in [0.1, 0.15) is 44.9 Å². The van der Waals surface area contributed by atoms with Crippen LogP contribution in [0.25, 0.3) is 0 Å². The maximum absolute atomic E-state index is 12.1. The van der Waals surface area contributed by atoms with Gasteiger partial charge in [-0.15, -0.1) is 0 Å². The van der Waals surface area contributed by atoms with Crippen LogP contribution in [-0.2, 0) is 12.8 Å². The summed E-state index contributed by atoms with van der Waals surface area (Å²) in [6.07, 6.45) is -1.46. The standard InChI is InChI=1S/C14H20F3N/c1-13(2,3)7-4-11-6-9-18-12(10-11)5-8-14(15,16)17/h6,9-10H,4-5,7-8H2,1-3H3. The number of aryl methyl sites for hydroxylation is 2. The van der Waals surface area contributed by atoms with Crippen molar-refractivity contribution >= 4 is 0 Å². The monoisotopic (exact) mass is 259 g/mol. The van der Waals surface area contributed by atoms with Gasteiger partial charge in [0.25, 0.3) is 0 Å². The molecule has 0 N–H and O–H groups in total. The molecule has 1 nitrogen and oxygen atoms in total. The molecule has 0 unspecified atom stereocenters. The van der Waals surface area contributed by atoms with Crippen molar-refractivity contribution in [2.45, 2.75) is 52.6 Å². The first kappa shape index (κ1) is 15.0. The average molecular weight is 259 g/mol. The molecular weight excluding hydrogens is 239 g/mol. The van der Waals surface area contributed by atoms with Crippen molar-refractivity contribution in [1.82, 2.24) is 4.98 Å². The van der Waals surface area contributed by atoms with Crippen LogP contribution in [0.15, 0.2) is 18.3 Å². The van der Waals surface area contributed by atoms with Crippen LogP contribution < -0.4 is 0 Å². The zero-order chi connectivity index (χ0) is 13.8. The van der Waals surface area contributed by atoms with E-state index in [9.17, 15) is 13.2 Å². The predicted molar refractivity (Wildman–Crippen MR) is 66.4 cm³/mol. The van der Waals surface area contributed by atoms with Crippen molar-refractivity contribution in [3.63, 3.8) is 0 Å². The lowest BCUT2D eigenvalue weighted by molar-refractivity contribution is -0.134. The third-order valence-corrected chi connectivity index (χ3v) is 2.71. The number of halogens is 3. The van der Waals surface area contributed by atoms with Gasteiger partial charge in [-0.2, -0.15) is 13.2 Å². The zero-order valence-electron chi connectivity index (χ0n) is 11.1. The van der Waals surface area contributed by atoms with E-state index in [0.717, 1.165) is 18.4 Å². The number of alkyl halides is 3. The van der Waals surface area contributed by atoms with Crippen molar-refractivity contribution in [3.05, 3.63) is 29.6 Å². The Hall–Kier alpha value is -1.06. The summed E-state index contributed by atoms with van der Waals surface area (Å²) < 4.78 is 36.4. The smallest absolute Gasteiger partial charge is 0.261 e. The Kier molecular flexibility index (Phi) is 4.77. The number of rotatable bonds is 4. The van der Waals surface area contributed by atoms with E-state index >= 15 is 0 Å². The van der Waals surface area contributed by atoms with Crippen LogP contribution in [0.3, 0.4) is 0 Å². The zero-order valence-corrected chi connectivity index (χ0v) is 11.1. The largest absolute Gasteiger partial charge is 0.389 e. The van der Waals surface area contributed by atoms with Gasteiger partial charge < -0.3 is 0 Å². The van der Waals surface area contributed by atoms with E-state index in [1.807, 2.05) is 6.07 Å². The summed E-state index contributed by atoms with van der Waals surface area (Å²) in [4.78, 5) is 3.99. The van der Waals surface area contributed by atoms with E-state index in [1.54, 1.807) is 12.3 Å². The Balaban J connectivity index is 2.57. The van der Waals surface area contributed by atoms with Gasteiger partial charge in [0, 0.05) is 18.3 Å². The number of hydrogen-bond donors (Lipinski definition) is 0. The van der Waals surface area contributed by atoms with Crippen molar-refractivity contribution in [2.75, 3.05) is 0 Å². The molecule has 4 heteroatoms. The molecular formula is C14H20F3N. The molecule has 18 heavy (non-hydrogen) atoms. The Bertz CT molecular complexity index is 344. The Morgan fingerprint density at radius 1 is 1.06 bits per heavy atom. The second kappa shape index (κ2) is 5.72. The molecule has 1 aromatic rings. The summed E-state index contributed by atoms with van der Waals surface area (Å²) in [6.45, 7) is 6.45. The summed E-state index contributed by atoms with van der Waals surface area (Å²) in [6, 6.07) is 3.67. The molecule has 0 spiro atoms. The third-order valence-electron chi connectivity index (χ3n) is 2.71. The molecule has 102 valence electrons. The van der Waals surface area contributed by atoms with E-state index < -0.39 is 12.6 Å². The number of hydrogen-bond acceptors (Lipinski definition) is 1. The number of aromatic nitrogens is 1. The molecule has 1 heterocycles. The van der Waals surface area contributed by atoms with E-state index in [2.05, 4.69) is 25.8 Å². The molecule has 0 atom stereocenters. The second-order valence-electron chi connectivity index (χ2n) is 5.83. The minimum atomic E-state index is -4.11. The van der Waals surface area contributed by atoms with Gasteiger partial charge in [-0.25, -0.2) is 0 Å². The highest BCUT2D eigenvalue weighted by Crippen LogP contribution is 2.23. The summed E-state index contributed by atoms with van der Waals surface area (Å²) in [5.41, 5.74) is 1.82. The molecule has 0 amide bonds. The minimum absolute atomic E-state index is 0.0349. The van der Waals surface area contributed by atoms with Gasteiger partial charge >= 0.3 is 6.18 Å². The number of pyridine rings is 1. The van der Waals surface area contributed by atoms with Gasteiger partial charge in [-0.3, -0.25) is 4.98 Å². The molecule has 0 saturated heterocycles. The fourth-order valence-electron chi connectivity index (χ4n) is 1.61. The van der Waals surface area contributed by atoms with E-state index in [0.29, 0.717) is 5.69 Å².